The van der Waals surface area contributed by atoms with Crippen LogP contribution in [-0.2, 0) is 23.8 Å². The zero-order chi connectivity index (χ0) is 44.1. The van der Waals surface area contributed by atoms with Crippen LogP contribution in [0.1, 0.15) is 90.5 Å². The van der Waals surface area contributed by atoms with Crippen LogP contribution >= 0.6 is 23.5 Å². The first-order valence-corrected chi connectivity index (χ1v) is 22.5. The maximum Gasteiger partial charge on any atom is 0.340 e. The molecule has 0 heterocycles. The number of carbonyl (C=O) groups excluding carboxylic acids is 3. The van der Waals surface area contributed by atoms with Gasteiger partial charge < -0.3 is 14.2 Å². The average Bonchev–Trinajstić information content (AvgIpc) is 3.29. The van der Waals surface area contributed by atoms with Crippen LogP contribution in [0, 0.1) is 23.7 Å². The molecular formula is C53H51NO6S2. The highest BCUT2D eigenvalue weighted by atomic mass is 32.2. The quantitative estimate of drug-likeness (QED) is 0.0154. The van der Waals surface area contributed by atoms with Gasteiger partial charge >= 0.3 is 17.9 Å². The van der Waals surface area contributed by atoms with Crippen molar-refractivity contribution in [2.75, 3.05) is 31.8 Å². The number of hydrogen-bond acceptors (Lipinski definition) is 9. The van der Waals surface area contributed by atoms with Crippen molar-refractivity contribution in [1.82, 2.24) is 0 Å². The Bertz CT molecular complexity index is 2540. The Labute approximate surface area is 374 Å². The van der Waals surface area contributed by atoms with Crippen molar-refractivity contribution >= 4 is 64.1 Å². The van der Waals surface area contributed by atoms with Gasteiger partial charge in [-0.1, -0.05) is 55.0 Å². The van der Waals surface area contributed by atoms with E-state index in [-0.39, 0.29) is 11.9 Å². The molecule has 0 amide bonds. The number of unbranched alkanes of at least 4 members (excludes halogenated alkanes) is 4. The Morgan fingerprint density at radius 2 is 1.05 bits per heavy atom. The summed E-state index contributed by atoms with van der Waals surface area (Å²) in [5.41, 5.74) is 6.00. The monoisotopic (exact) mass is 861 g/mol. The zero-order valence-electron chi connectivity index (χ0n) is 35.6. The summed E-state index contributed by atoms with van der Waals surface area (Å²) in [6.07, 6.45) is 7.51. The van der Waals surface area contributed by atoms with Crippen LogP contribution < -0.4 is 0 Å². The summed E-state index contributed by atoms with van der Waals surface area (Å²) >= 11 is 3.60. The van der Waals surface area contributed by atoms with Crippen LogP contribution in [0.15, 0.2) is 142 Å². The number of ether oxygens (including phenoxy) is 3. The Kier molecular flexibility index (Phi) is 18.8. The lowest BCUT2D eigenvalue weighted by Gasteiger charge is -2.05. The molecule has 0 atom stereocenters. The third-order valence-corrected chi connectivity index (χ3v) is 11.5. The van der Waals surface area contributed by atoms with Crippen LogP contribution in [-0.4, -0.2) is 56.0 Å². The van der Waals surface area contributed by atoms with E-state index in [9.17, 15) is 14.4 Å². The van der Waals surface area contributed by atoms with Crippen LogP contribution in [0.3, 0.4) is 0 Å². The lowest BCUT2D eigenvalue weighted by Crippen LogP contribution is -2.06. The molecule has 0 spiro atoms. The molecule has 9 heteroatoms. The third-order valence-electron chi connectivity index (χ3n) is 9.31. The van der Waals surface area contributed by atoms with Crippen LogP contribution in [0.2, 0.25) is 0 Å². The fourth-order valence-corrected chi connectivity index (χ4v) is 7.67. The van der Waals surface area contributed by atoms with E-state index in [0.29, 0.717) is 41.2 Å². The van der Waals surface area contributed by atoms with Crippen molar-refractivity contribution in [3.8, 4) is 23.7 Å². The minimum Gasteiger partial charge on any atom is -0.465 e. The minimum atomic E-state index is -0.485. The summed E-state index contributed by atoms with van der Waals surface area (Å²) < 4.78 is 15.4. The summed E-state index contributed by atoms with van der Waals surface area (Å²) in [7, 11) is 1.36. The number of aliphatic imine (C=N–C) groups is 1. The van der Waals surface area contributed by atoms with E-state index in [1.807, 2.05) is 60.3 Å². The van der Waals surface area contributed by atoms with Gasteiger partial charge in [0.15, 0.2) is 0 Å². The van der Waals surface area contributed by atoms with Gasteiger partial charge in [-0.15, -0.1) is 23.5 Å². The van der Waals surface area contributed by atoms with E-state index in [1.54, 1.807) is 44.0 Å². The van der Waals surface area contributed by atoms with Crippen molar-refractivity contribution < 1.29 is 28.6 Å². The second kappa shape index (κ2) is 24.9. The van der Waals surface area contributed by atoms with Gasteiger partial charge in [0.1, 0.15) is 0 Å². The molecule has 5 aromatic rings. The molecule has 0 fully saturated rings. The maximum atomic E-state index is 12.8. The Morgan fingerprint density at radius 1 is 0.581 bits per heavy atom. The summed E-state index contributed by atoms with van der Waals surface area (Å²) in [5.74, 6) is 13.8. The first kappa shape index (κ1) is 46.8. The molecule has 0 radical (unpaired) electrons. The van der Waals surface area contributed by atoms with Gasteiger partial charge in [-0.2, -0.15) is 0 Å². The Balaban J connectivity index is 1.11. The van der Waals surface area contributed by atoms with Crippen molar-refractivity contribution in [1.29, 1.82) is 0 Å². The van der Waals surface area contributed by atoms with Crippen molar-refractivity contribution in [2.24, 2.45) is 4.99 Å². The maximum absolute atomic E-state index is 12.8. The standard InChI is InChI=1S/C53H51NO6S2/c1-38(2)51(55)59-30-8-6-10-32-61-47-25-18-40(19-26-47)12-14-42-16-23-46-35-44(17-24-45(46)34-42)37-54-50-29-22-43(36-49(50)53(57)58-5)15-13-41-20-27-48(28-21-41)62-33-11-7-9-31-60-52(56)39(3)4/h16-29,34-37H,1,3,6-11,30-33H2,2,4-5H3/b54-37+. The number of carbonyl (C=O) groups is 3. The number of hydrogen-bond donors (Lipinski definition) is 0. The number of thioether (sulfide) groups is 2. The van der Waals surface area contributed by atoms with E-state index in [4.69, 9.17) is 14.2 Å². The SMILES string of the molecule is C=C(C)C(=O)OCCCCCSc1ccc(C#Cc2ccc(/N=C/c3ccc4cc(C#Cc5ccc(SCCCCCOC(=O)C(=C)C)cc5)ccc4c3)c(C(=O)OC)c2)cc1. The van der Waals surface area contributed by atoms with Gasteiger partial charge in [0.05, 0.1) is 31.6 Å². The lowest BCUT2D eigenvalue weighted by atomic mass is 10.0. The molecule has 0 unspecified atom stereocenters. The van der Waals surface area contributed by atoms with Gasteiger partial charge in [0.25, 0.3) is 0 Å². The Morgan fingerprint density at radius 3 is 1.58 bits per heavy atom. The molecule has 0 saturated carbocycles. The second-order valence-corrected chi connectivity index (χ2v) is 16.8. The predicted molar refractivity (Wildman–Crippen MR) is 255 cm³/mol. The highest BCUT2D eigenvalue weighted by Gasteiger charge is 2.12. The number of methoxy groups -OCH3 is 1. The van der Waals surface area contributed by atoms with Crippen LogP contribution in [0.5, 0.6) is 0 Å². The molecule has 316 valence electrons. The molecular weight excluding hydrogens is 811 g/mol. The lowest BCUT2D eigenvalue weighted by molar-refractivity contribution is -0.139. The predicted octanol–water partition coefficient (Wildman–Crippen LogP) is 11.9. The fraction of sp³-hybridized carbons (Fsp3) is 0.245. The van der Waals surface area contributed by atoms with Crippen molar-refractivity contribution in [3.05, 3.63) is 161 Å². The first-order chi connectivity index (χ1) is 30.1. The van der Waals surface area contributed by atoms with Gasteiger partial charge in [-0.3, -0.25) is 4.99 Å². The third kappa shape index (κ3) is 15.6. The van der Waals surface area contributed by atoms with E-state index in [0.717, 1.165) is 88.0 Å². The first-order valence-electron chi connectivity index (χ1n) is 20.5. The van der Waals surface area contributed by atoms with E-state index >= 15 is 0 Å². The van der Waals surface area contributed by atoms with Crippen molar-refractivity contribution in [2.45, 2.75) is 62.2 Å². The molecule has 5 rings (SSSR count). The summed E-state index contributed by atoms with van der Waals surface area (Å²) in [5, 5.41) is 2.11. The van der Waals surface area contributed by atoms with Gasteiger partial charge in [-0.25, -0.2) is 14.4 Å². The molecule has 7 nitrogen and oxygen atoms in total. The average molecular weight is 862 g/mol. The Hall–Kier alpha value is -6.26. The summed E-state index contributed by atoms with van der Waals surface area (Å²) in [6, 6.07) is 34.0. The number of nitrogens with zero attached hydrogens (tertiary/aromatic N) is 1. The summed E-state index contributed by atoms with van der Waals surface area (Å²) in [6.45, 7) is 11.4. The second-order valence-electron chi connectivity index (χ2n) is 14.5. The number of rotatable bonds is 19. The number of esters is 3. The summed E-state index contributed by atoms with van der Waals surface area (Å²) in [4.78, 5) is 42.7. The van der Waals surface area contributed by atoms with E-state index < -0.39 is 5.97 Å². The van der Waals surface area contributed by atoms with Gasteiger partial charge in [0, 0.05) is 49.4 Å². The largest absolute Gasteiger partial charge is 0.465 e. The highest BCUT2D eigenvalue weighted by molar-refractivity contribution is 7.99. The molecule has 0 aromatic heterocycles. The minimum absolute atomic E-state index is 0.322. The van der Waals surface area contributed by atoms with E-state index in [1.165, 1.54) is 12.0 Å². The molecule has 0 aliphatic carbocycles. The zero-order valence-corrected chi connectivity index (χ0v) is 37.2. The van der Waals surface area contributed by atoms with Gasteiger partial charge in [0.2, 0.25) is 0 Å². The molecule has 0 saturated heterocycles. The van der Waals surface area contributed by atoms with Crippen molar-refractivity contribution in [3.63, 3.8) is 0 Å². The number of fused-ring (bicyclic) bond motifs is 1. The molecule has 62 heavy (non-hydrogen) atoms. The molecule has 0 bridgehead atoms. The molecule has 0 aliphatic heterocycles. The fourth-order valence-electron chi connectivity index (χ4n) is 5.84. The normalized spacial score (nSPS) is 10.6. The highest BCUT2D eigenvalue weighted by Crippen LogP contribution is 2.25. The molecule has 0 aliphatic rings. The van der Waals surface area contributed by atoms with Gasteiger partial charge in [-0.05, 0) is 165 Å². The number of benzene rings is 5. The molecule has 5 aromatic carbocycles. The van der Waals surface area contributed by atoms with Crippen LogP contribution in [0.4, 0.5) is 5.69 Å². The smallest absolute Gasteiger partial charge is 0.340 e. The molecule has 0 N–H and O–H groups in total. The van der Waals surface area contributed by atoms with E-state index in [2.05, 4.69) is 84.3 Å². The topological polar surface area (TPSA) is 91.3 Å². The van der Waals surface area contributed by atoms with Crippen LogP contribution in [0.25, 0.3) is 10.8 Å².